The van der Waals surface area contributed by atoms with Gasteiger partial charge in [0.1, 0.15) is 24.9 Å². The monoisotopic (exact) mass is 362 g/mol. The summed E-state index contributed by atoms with van der Waals surface area (Å²) in [4.78, 5) is 34.0. The van der Waals surface area contributed by atoms with Gasteiger partial charge in [0.2, 0.25) is 6.29 Å². The zero-order valence-corrected chi connectivity index (χ0v) is 15.2. The molecule has 1 rings (SSSR count). The normalized spacial score (nSPS) is 28.9. The molecular weight excluding hydrogens is 336 g/mol. The highest BCUT2D eigenvalue weighted by Gasteiger charge is 2.51. The standard InChI is InChI=1S/C16H26O9/c1-6-20-14-13(23-10(4)18)12(8-22-9(3)17)25-16(24-11(5)19)15(14)21-7-2/h12-16H,6-8H2,1-5H3/t12-,13-,14+,15-,16-/m1/s1. The van der Waals surface area contributed by atoms with Gasteiger partial charge in [0.05, 0.1) is 0 Å². The van der Waals surface area contributed by atoms with Gasteiger partial charge in [-0.2, -0.15) is 0 Å². The predicted octanol–water partition coefficient (Wildman–Crippen LogP) is 0.579. The molecule has 1 fully saturated rings. The number of esters is 3. The summed E-state index contributed by atoms with van der Waals surface area (Å²) in [6.45, 7) is 7.69. The Morgan fingerprint density at radius 2 is 1.36 bits per heavy atom. The largest absolute Gasteiger partial charge is 0.463 e. The molecule has 0 spiro atoms. The van der Waals surface area contributed by atoms with Crippen LogP contribution in [0.25, 0.3) is 0 Å². The average Bonchev–Trinajstić information content (AvgIpc) is 2.50. The fourth-order valence-corrected chi connectivity index (χ4v) is 2.56. The van der Waals surface area contributed by atoms with Crippen molar-refractivity contribution in [1.82, 2.24) is 0 Å². The van der Waals surface area contributed by atoms with E-state index in [2.05, 4.69) is 0 Å². The van der Waals surface area contributed by atoms with E-state index in [1.165, 1.54) is 20.8 Å². The van der Waals surface area contributed by atoms with Crippen molar-refractivity contribution in [3.63, 3.8) is 0 Å². The van der Waals surface area contributed by atoms with Crippen LogP contribution in [-0.4, -0.2) is 68.4 Å². The Balaban J connectivity index is 3.12. The number of rotatable bonds is 8. The van der Waals surface area contributed by atoms with Crippen molar-refractivity contribution < 1.29 is 42.8 Å². The minimum atomic E-state index is -1.08. The molecule has 0 aromatic heterocycles. The van der Waals surface area contributed by atoms with E-state index in [-0.39, 0.29) is 6.61 Å². The Kier molecular flexibility index (Phi) is 8.81. The van der Waals surface area contributed by atoms with Gasteiger partial charge in [0.15, 0.2) is 6.10 Å². The van der Waals surface area contributed by atoms with Crippen molar-refractivity contribution in [2.24, 2.45) is 0 Å². The first-order valence-corrected chi connectivity index (χ1v) is 8.16. The summed E-state index contributed by atoms with van der Waals surface area (Å²) < 4.78 is 32.5. The van der Waals surface area contributed by atoms with Crippen LogP contribution in [0.15, 0.2) is 0 Å². The molecule has 1 saturated heterocycles. The lowest BCUT2D eigenvalue weighted by molar-refractivity contribution is -0.308. The van der Waals surface area contributed by atoms with E-state index in [0.29, 0.717) is 13.2 Å². The van der Waals surface area contributed by atoms with Crippen LogP contribution in [0.5, 0.6) is 0 Å². The van der Waals surface area contributed by atoms with Crippen LogP contribution in [0.1, 0.15) is 34.6 Å². The molecule has 1 aliphatic heterocycles. The van der Waals surface area contributed by atoms with Crippen molar-refractivity contribution in [2.75, 3.05) is 19.8 Å². The lowest BCUT2D eigenvalue weighted by Gasteiger charge is -2.44. The van der Waals surface area contributed by atoms with E-state index in [4.69, 9.17) is 28.4 Å². The highest BCUT2D eigenvalue weighted by Crippen LogP contribution is 2.29. The number of ether oxygens (including phenoxy) is 6. The fourth-order valence-electron chi connectivity index (χ4n) is 2.56. The number of carbonyl (C=O) groups is 3. The number of hydrogen-bond acceptors (Lipinski definition) is 9. The van der Waals surface area contributed by atoms with Gasteiger partial charge in [0.25, 0.3) is 0 Å². The van der Waals surface area contributed by atoms with Gasteiger partial charge in [-0.3, -0.25) is 14.4 Å². The molecule has 1 aliphatic rings. The maximum atomic E-state index is 11.5. The summed E-state index contributed by atoms with van der Waals surface area (Å²) in [6.07, 6.45) is -4.40. The molecule has 1 heterocycles. The molecule has 0 unspecified atom stereocenters. The molecule has 0 aliphatic carbocycles. The summed E-state index contributed by atoms with van der Waals surface area (Å²) in [5, 5.41) is 0. The summed E-state index contributed by atoms with van der Waals surface area (Å²) in [5.74, 6) is -1.64. The van der Waals surface area contributed by atoms with Crippen LogP contribution in [0.3, 0.4) is 0 Å². The van der Waals surface area contributed by atoms with E-state index in [1.54, 1.807) is 13.8 Å². The van der Waals surface area contributed by atoms with Crippen molar-refractivity contribution in [1.29, 1.82) is 0 Å². The van der Waals surface area contributed by atoms with Gasteiger partial charge in [-0.15, -0.1) is 0 Å². The molecular formula is C16H26O9. The molecule has 0 aromatic rings. The third kappa shape index (κ3) is 6.60. The van der Waals surface area contributed by atoms with Crippen molar-refractivity contribution in [3.05, 3.63) is 0 Å². The maximum Gasteiger partial charge on any atom is 0.305 e. The van der Waals surface area contributed by atoms with Crippen LogP contribution in [0.4, 0.5) is 0 Å². The number of hydrogen-bond donors (Lipinski definition) is 0. The molecule has 5 atom stereocenters. The second-order valence-electron chi connectivity index (χ2n) is 5.37. The molecule has 25 heavy (non-hydrogen) atoms. The molecule has 0 aromatic carbocycles. The first-order valence-electron chi connectivity index (χ1n) is 8.16. The Labute approximate surface area is 146 Å². The molecule has 0 N–H and O–H groups in total. The highest BCUT2D eigenvalue weighted by atomic mass is 16.7. The van der Waals surface area contributed by atoms with Crippen LogP contribution in [0, 0.1) is 0 Å². The van der Waals surface area contributed by atoms with Crippen LogP contribution in [0.2, 0.25) is 0 Å². The van der Waals surface area contributed by atoms with Crippen molar-refractivity contribution in [2.45, 2.75) is 65.3 Å². The van der Waals surface area contributed by atoms with Crippen molar-refractivity contribution in [3.8, 4) is 0 Å². The lowest BCUT2D eigenvalue weighted by Crippen LogP contribution is -2.62. The first-order chi connectivity index (χ1) is 11.8. The Bertz CT molecular complexity index is 465. The van der Waals surface area contributed by atoms with Gasteiger partial charge < -0.3 is 28.4 Å². The fraction of sp³-hybridized carbons (Fsp3) is 0.812. The first kappa shape index (κ1) is 21.3. The molecule has 144 valence electrons. The zero-order chi connectivity index (χ0) is 19.0. The van der Waals surface area contributed by atoms with E-state index >= 15 is 0 Å². The van der Waals surface area contributed by atoms with Gasteiger partial charge in [-0.25, -0.2) is 0 Å². The number of carbonyl (C=O) groups excluding carboxylic acids is 3. The maximum absolute atomic E-state index is 11.5. The molecule has 0 radical (unpaired) electrons. The van der Waals surface area contributed by atoms with Crippen LogP contribution in [-0.2, 0) is 42.8 Å². The van der Waals surface area contributed by atoms with Gasteiger partial charge >= 0.3 is 17.9 Å². The summed E-state index contributed by atoms with van der Waals surface area (Å²) in [7, 11) is 0. The minimum Gasteiger partial charge on any atom is -0.463 e. The summed E-state index contributed by atoms with van der Waals surface area (Å²) in [6, 6.07) is 0. The van der Waals surface area contributed by atoms with E-state index < -0.39 is 48.6 Å². The predicted molar refractivity (Wildman–Crippen MR) is 83.4 cm³/mol. The summed E-state index contributed by atoms with van der Waals surface area (Å²) in [5.41, 5.74) is 0. The van der Waals surface area contributed by atoms with Gasteiger partial charge in [-0.1, -0.05) is 0 Å². The SMILES string of the molecule is CCO[C@@H]1[C@@H](OCC)[C@H](OC(C)=O)O[C@H](COC(C)=O)[C@H]1OC(C)=O. The van der Waals surface area contributed by atoms with Gasteiger partial charge in [-0.05, 0) is 13.8 Å². The molecule has 0 amide bonds. The Hall–Kier alpha value is -1.71. The second-order valence-corrected chi connectivity index (χ2v) is 5.37. The Morgan fingerprint density at radius 3 is 1.84 bits per heavy atom. The van der Waals surface area contributed by atoms with Crippen LogP contribution < -0.4 is 0 Å². The zero-order valence-electron chi connectivity index (χ0n) is 15.2. The summed E-state index contributed by atoms with van der Waals surface area (Å²) >= 11 is 0. The molecule has 9 nitrogen and oxygen atoms in total. The smallest absolute Gasteiger partial charge is 0.305 e. The minimum absolute atomic E-state index is 0.187. The van der Waals surface area contributed by atoms with Crippen molar-refractivity contribution >= 4 is 17.9 Å². The molecule has 0 bridgehead atoms. The topological polar surface area (TPSA) is 107 Å². The third-order valence-electron chi connectivity index (χ3n) is 3.34. The lowest BCUT2D eigenvalue weighted by atomic mass is 9.98. The van der Waals surface area contributed by atoms with E-state index in [9.17, 15) is 14.4 Å². The highest BCUT2D eigenvalue weighted by molar-refractivity contribution is 5.67. The van der Waals surface area contributed by atoms with E-state index in [0.717, 1.165) is 0 Å². The van der Waals surface area contributed by atoms with Crippen LogP contribution >= 0.6 is 0 Å². The Morgan fingerprint density at radius 1 is 0.800 bits per heavy atom. The average molecular weight is 362 g/mol. The molecule has 9 heteroatoms. The molecule has 0 saturated carbocycles. The van der Waals surface area contributed by atoms with Gasteiger partial charge in [0, 0.05) is 34.0 Å². The quantitative estimate of drug-likeness (QED) is 0.452. The third-order valence-corrected chi connectivity index (χ3v) is 3.34. The van der Waals surface area contributed by atoms with E-state index in [1.807, 2.05) is 0 Å². The second kappa shape index (κ2) is 10.3.